The predicted molar refractivity (Wildman–Crippen MR) is 65.5 cm³/mol. The predicted octanol–water partition coefficient (Wildman–Crippen LogP) is 1.61. The smallest absolute Gasteiger partial charge is 0.240 e. The van der Waals surface area contributed by atoms with Crippen molar-refractivity contribution in [1.29, 1.82) is 5.26 Å². The van der Waals surface area contributed by atoms with Crippen molar-refractivity contribution in [3.8, 4) is 6.07 Å². The van der Waals surface area contributed by atoms with Crippen molar-refractivity contribution in [2.75, 3.05) is 13.2 Å². The lowest BCUT2D eigenvalue weighted by molar-refractivity contribution is -0.133. The van der Waals surface area contributed by atoms with E-state index in [1.165, 1.54) is 25.7 Å². The van der Waals surface area contributed by atoms with Gasteiger partial charge in [-0.05, 0) is 50.4 Å². The topological polar surface area (TPSA) is 62.1 Å². The number of hydrogen-bond acceptors (Lipinski definition) is 3. The molecular formula is C14H20N2O2. The Morgan fingerprint density at radius 2 is 1.78 bits per heavy atom. The zero-order valence-corrected chi connectivity index (χ0v) is 10.7. The van der Waals surface area contributed by atoms with Crippen molar-refractivity contribution < 1.29 is 9.53 Å². The van der Waals surface area contributed by atoms with Crippen LogP contribution in [0.5, 0.6) is 0 Å². The Hall–Kier alpha value is -1.08. The van der Waals surface area contributed by atoms with Gasteiger partial charge in [0.1, 0.15) is 5.41 Å². The van der Waals surface area contributed by atoms with Crippen LogP contribution in [0.2, 0.25) is 0 Å². The molecule has 0 aromatic carbocycles. The highest BCUT2D eigenvalue weighted by Gasteiger charge is 2.46. The van der Waals surface area contributed by atoms with E-state index in [4.69, 9.17) is 4.74 Å². The second-order valence-electron chi connectivity index (χ2n) is 5.98. The van der Waals surface area contributed by atoms with E-state index in [2.05, 4.69) is 11.4 Å². The summed E-state index contributed by atoms with van der Waals surface area (Å²) in [6.45, 7) is 1.05. The van der Waals surface area contributed by atoms with Gasteiger partial charge in [0.2, 0.25) is 5.91 Å². The molecule has 2 saturated carbocycles. The summed E-state index contributed by atoms with van der Waals surface area (Å²) in [6, 6.07) is 2.59. The van der Waals surface area contributed by atoms with E-state index in [9.17, 15) is 10.1 Å². The lowest BCUT2D eigenvalue weighted by Crippen LogP contribution is -2.49. The fourth-order valence-corrected chi connectivity index (χ4v) is 2.93. The molecule has 1 amide bonds. The molecule has 0 aromatic heterocycles. The van der Waals surface area contributed by atoms with Crippen molar-refractivity contribution in [1.82, 2.24) is 5.32 Å². The Bertz CT molecular complexity index is 362. The summed E-state index contributed by atoms with van der Waals surface area (Å²) in [6.07, 6.45) is 6.04. The SMILES string of the molecule is N#CC1(C(=O)NC(C2CC2)C2CC2)CCOCC1. The molecule has 98 valence electrons. The number of ether oxygens (including phenoxy) is 1. The lowest BCUT2D eigenvalue weighted by Gasteiger charge is -2.31. The number of nitrogens with zero attached hydrogens (tertiary/aromatic N) is 1. The van der Waals surface area contributed by atoms with Gasteiger partial charge in [0.15, 0.2) is 0 Å². The quantitative estimate of drug-likeness (QED) is 0.822. The lowest BCUT2D eigenvalue weighted by atomic mass is 9.80. The monoisotopic (exact) mass is 248 g/mol. The zero-order chi connectivity index (χ0) is 12.6. The van der Waals surface area contributed by atoms with Crippen LogP contribution in [-0.4, -0.2) is 25.2 Å². The van der Waals surface area contributed by atoms with Crippen molar-refractivity contribution >= 4 is 5.91 Å². The fourth-order valence-electron chi connectivity index (χ4n) is 2.93. The van der Waals surface area contributed by atoms with Crippen LogP contribution in [0.4, 0.5) is 0 Å². The van der Waals surface area contributed by atoms with Gasteiger partial charge in [0, 0.05) is 19.3 Å². The molecule has 0 spiro atoms. The number of carbonyl (C=O) groups excluding carboxylic acids is 1. The highest BCUT2D eigenvalue weighted by Crippen LogP contribution is 2.45. The van der Waals surface area contributed by atoms with Gasteiger partial charge in [-0.3, -0.25) is 4.79 Å². The van der Waals surface area contributed by atoms with Crippen LogP contribution < -0.4 is 5.32 Å². The van der Waals surface area contributed by atoms with Gasteiger partial charge in [0.05, 0.1) is 6.07 Å². The molecule has 4 heteroatoms. The van der Waals surface area contributed by atoms with Crippen LogP contribution in [-0.2, 0) is 9.53 Å². The van der Waals surface area contributed by atoms with Crippen molar-refractivity contribution in [3.05, 3.63) is 0 Å². The molecule has 2 aliphatic carbocycles. The Morgan fingerprint density at radius 1 is 1.22 bits per heavy atom. The summed E-state index contributed by atoms with van der Waals surface area (Å²) in [4.78, 5) is 12.4. The molecule has 3 fully saturated rings. The molecule has 3 rings (SSSR count). The Morgan fingerprint density at radius 3 is 2.22 bits per heavy atom. The van der Waals surface area contributed by atoms with Gasteiger partial charge in [-0.2, -0.15) is 5.26 Å². The molecule has 0 aromatic rings. The molecule has 0 unspecified atom stereocenters. The maximum atomic E-state index is 12.4. The van der Waals surface area contributed by atoms with E-state index < -0.39 is 5.41 Å². The van der Waals surface area contributed by atoms with E-state index in [0.29, 0.717) is 43.9 Å². The second kappa shape index (κ2) is 4.55. The average Bonchev–Trinajstić information content (AvgIpc) is 3.29. The molecule has 1 heterocycles. The third-order valence-electron chi connectivity index (χ3n) is 4.55. The number of nitriles is 1. The summed E-state index contributed by atoms with van der Waals surface area (Å²) in [5, 5.41) is 12.6. The summed E-state index contributed by atoms with van der Waals surface area (Å²) >= 11 is 0. The number of nitrogens with one attached hydrogen (secondary N) is 1. The Labute approximate surface area is 108 Å². The van der Waals surface area contributed by atoms with Crippen molar-refractivity contribution in [2.45, 2.75) is 44.6 Å². The molecule has 1 N–H and O–H groups in total. The Kier molecular flexibility index (Phi) is 3.03. The third kappa shape index (κ3) is 2.24. The van der Waals surface area contributed by atoms with E-state index in [-0.39, 0.29) is 5.91 Å². The van der Waals surface area contributed by atoms with Crippen LogP contribution in [0.15, 0.2) is 0 Å². The maximum Gasteiger partial charge on any atom is 0.240 e. The fraction of sp³-hybridized carbons (Fsp3) is 0.857. The zero-order valence-electron chi connectivity index (χ0n) is 10.7. The molecule has 0 bridgehead atoms. The number of carbonyl (C=O) groups is 1. The molecule has 1 saturated heterocycles. The molecule has 1 aliphatic heterocycles. The van der Waals surface area contributed by atoms with E-state index in [1.54, 1.807) is 0 Å². The van der Waals surface area contributed by atoms with Crippen LogP contribution >= 0.6 is 0 Å². The van der Waals surface area contributed by atoms with Gasteiger partial charge in [-0.1, -0.05) is 0 Å². The minimum absolute atomic E-state index is 0.0444. The highest BCUT2D eigenvalue weighted by molar-refractivity contribution is 5.85. The summed E-state index contributed by atoms with van der Waals surface area (Å²) < 4.78 is 5.27. The standard InChI is InChI=1S/C14H20N2O2/c15-9-14(5-7-18-8-6-14)13(17)16-12(10-1-2-10)11-3-4-11/h10-12H,1-8H2,(H,16,17). The summed E-state index contributed by atoms with van der Waals surface area (Å²) in [7, 11) is 0. The Balaban J connectivity index is 1.66. The highest BCUT2D eigenvalue weighted by atomic mass is 16.5. The van der Waals surface area contributed by atoms with Crippen molar-refractivity contribution in [2.24, 2.45) is 17.3 Å². The molecule has 4 nitrogen and oxygen atoms in total. The second-order valence-corrected chi connectivity index (χ2v) is 5.98. The van der Waals surface area contributed by atoms with Gasteiger partial charge in [-0.25, -0.2) is 0 Å². The maximum absolute atomic E-state index is 12.4. The molecule has 0 radical (unpaired) electrons. The van der Waals surface area contributed by atoms with E-state index in [1.807, 2.05) is 0 Å². The van der Waals surface area contributed by atoms with Crippen molar-refractivity contribution in [3.63, 3.8) is 0 Å². The molecule has 3 aliphatic rings. The summed E-state index contributed by atoms with van der Waals surface area (Å²) in [5.74, 6) is 1.31. The number of amides is 1. The third-order valence-corrected chi connectivity index (χ3v) is 4.55. The van der Waals surface area contributed by atoms with Crippen LogP contribution in [0.25, 0.3) is 0 Å². The van der Waals surface area contributed by atoms with E-state index >= 15 is 0 Å². The molecule has 18 heavy (non-hydrogen) atoms. The number of rotatable bonds is 4. The minimum Gasteiger partial charge on any atom is -0.381 e. The average molecular weight is 248 g/mol. The first-order valence-electron chi connectivity index (χ1n) is 7.05. The van der Waals surface area contributed by atoms with Crippen LogP contribution in [0.3, 0.4) is 0 Å². The van der Waals surface area contributed by atoms with Crippen LogP contribution in [0, 0.1) is 28.6 Å². The largest absolute Gasteiger partial charge is 0.381 e. The minimum atomic E-state index is -0.833. The first-order valence-corrected chi connectivity index (χ1v) is 7.05. The molecule has 0 atom stereocenters. The van der Waals surface area contributed by atoms with E-state index in [0.717, 1.165) is 0 Å². The first-order chi connectivity index (χ1) is 8.75. The first kappa shape index (κ1) is 12.0. The molecular weight excluding hydrogens is 228 g/mol. The number of hydrogen-bond donors (Lipinski definition) is 1. The summed E-state index contributed by atoms with van der Waals surface area (Å²) in [5.41, 5.74) is -0.833. The van der Waals surface area contributed by atoms with Gasteiger partial charge >= 0.3 is 0 Å². The van der Waals surface area contributed by atoms with Gasteiger partial charge in [0.25, 0.3) is 0 Å². The van der Waals surface area contributed by atoms with Gasteiger partial charge in [-0.15, -0.1) is 0 Å². The van der Waals surface area contributed by atoms with Crippen LogP contribution in [0.1, 0.15) is 38.5 Å². The van der Waals surface area contributed by atoms with Gasteiger partial charge < -0.3 is 10.1 Å². The normalized spacial score (nSPS) is 26.7.